The number of carbonyl (C=O) groups excluding carboxylic acids is 1. The summed E-state index contributed by atoms with van der Waals surface area (Å²) in [6.07, 6.45) is 5.72. The molecule has 1 amide bonds. The summed E-state index contributed by atoms with van der Waals surface area (Å²) in [7, 11) is 0. The summed E-state index contributed by atoms with van der Waals surface area (Å²) in [5, 5.41) is 19.3. The molecule has 10 nitrogen and oxygen atoms in total. The molecule has 0 atom stereocenters. The van der Waals surface area contributed by atoms with Gasteiger partial charge in [-0.3, -0.25) is 9.69 Å². The Morgan fingerprint density at radius 2 is 2.00 bits per heavy atom. The Balaban J connectivity index is 1.15. The largest absolute Gasteiger partial charge is 0.379 e. The van der Waals surface area contributed by atoms with Crippen LogP contribution in [0.2, 0.25) is 0 Å². The summed E-state index contributed by atoms with van der Waals surface area (Å²) in [6.45, 7) is 5.19. The first-order valence-corrected chi connectivity index (χ1v) is 10.7. The average molecular weight is 425 g/mol. The van der Waals surface area contributed by atoms with Crippen LogP contribution in [0.4, 0.5) is 0 Å². The van der Waals surface area contributed by atoms with Gasteiger partial charge in [0.25, 0.3) is 0 Å². The molecule has 0 aliphatic carbocycles. The number of para-hydroxylation sites is 1. The topological polar surface area (TPSA) is 103 Å². The minimum absolute atomic E-state index is 0.0401. The Morgan fingerprint density at radius 1 is 1.16 bits per heavy atom. The summed E-state index contributed by atoms with van der Waals surface area (Å²) in [5.74, 6) is 0.871. The van der Waals surface area contributed by atoms with Crippen molar-refractivity contribution >= 4 is 5.91 Å². The molecule has 31 heavy (non-hydrogen) atoms. The Bertz CT molecular complexity index is 949. The van der Waals surface area contributed by atoms with Gasteiger partial charge in [0.2, 0.25) is 5.91 Å². The highest BCUT2D eigenvalue weighted by atomic mass is 16.5. The van der Waals surface area contributed by atoms with Crippen molar-refractivity contribution in [3.63, 3.8) is 0 Å². The van der Waals surface area contributed by atoms with Crippen LogP contribution in [-0.4, -0.2) is 73.6 Å². The number of aromatic nitrogens is 6. The third-order valence-electron chi connectivity index (χ3n) is 5.24. The van der Waals surface area contributed by atoms with E-state index < -0.39 is 0 Å². The maximum absolute atomic E-state index is 12.2. The van der Waals surface area contributed by atoms with Crippen LogP contribution in [0, 0.1) is 0 Å². The molecule has 0 unspecified atom stereocenters. The van der Waals surface area contributed by atoms with Crippen LogP contribution < -0.4 is 5.32 Å². The van der Waals surface area contributed by atoms with Crippen molar-refractivity contribution in [3.8, 4) is 5.69 Å². The van der Waals surface area contributed by atoms with E-state index in [1.165, 1.54) is 0 Å². The third kappa shape index (κ3) is 6.19. The molecule has 3 heterocycles. The molecule has 3 aromatic rings. The normalized spacial score (nSPS) is 14.6. The number of morpholine rings is 1. The Morgan fingerprint density at radius 3 is 2.84 bits per heavy atom. The molecule has 0 saturated carbocycles. The van der Waals surface area contributed by atoms with Gasteiger partial charge in [-0.25, -0.2) is 9.36 Å². The van der Waals surface area contributed by atoms with Crippen molar-refractivity contribution in [2.24, 2.45) is 0 Å². The van der Waals surface area contributed by atoms with Gasteiger partial charge in [0.15, 0.2) is 5.82 Å². The van der Waals surface area contributed by atoms with E-state index in [1.807, 2.05) is 47.4 Å². The summed E-state index contributed by atoms with van der Waals surface area (Å²) in [6, 6.07) is 9.97. The zero-order valence-electron chi connectivity index (χ0n) is 17.6. The predicted molar refractivity (Wildman–Crippen MR) is 113 cm³/mol. The van der Waals surface area contributed by atoms with Crippen molar-refractivity contribution in [3.05, 3.63) is 54.1 Å². The van der Waals surface area contributed by atoms with E-state index in [9.17, 15) is 4.79 Å². The molecule has 1 fully saturated rings. The van der Waals surface area contributed by atoms with Crippen molar-refractivity contribution in [1.82, 2.24) is 40.2 Å². The van der Waals surface area contributed by atoms with Gasteiger partial charge in [0, 0.05) is 38.8 Å². The summed E-state index contributed by atoms with van der Waals surface area (Å²) >= 11 is 0. The molecular weight excluding hydrogens is 396 g/mol. The SMILES string of the molecule is O=C(CCCn1nnnc1CN1CCOCC1)NCCc1cnn(-c2ccccc2)c1. The monoisotopic (exact) mass is 424 g/mol. The molecule has 4 rings (SSSR count). The Hall–Kier alpha value is -3.11. The molecule has 164 valence electrons. The zero-order chi connectivity index (χ0) is 21.3. The highest BCUT2D eigenvalue weighted by Crippen LogP contribution is 2.08. The van der Waals surface area contributed by atoms with E-state index in [-0.39, 0.29) is 5.91 Å². The van der Waals surface area contributed by atoms with Gasteiger partial charge in [-0.05, 0) is 41.0 Å². The van der Waals surface area contributed by atoms with Gasteiger partial charge in [0.05, 0.1) is 31.6 Å². The predicted octanol–water partition coefficient (Wildman–Crippen LogP) is 0.830. The fourth-order valence-electron chi connectivity index (χ4n) is 3.50. The second-order valence-electron chi connectivity index (χ2n) is 7.54. The van der Waals surface area contributed by atoms with Crippen LogP contribution in [-0.2, 0) is 29.0 Å². The lowest BCUT2D eigenvalue weighted by atomic mass is 10.2. The Labute approximate surface area is 181 Å². The number of tetrazole rings is 1. The molecule has 2 aromatic heterocycles. The maximum Gasteiger partial charge on any atom is 0.220 e. The molecular formula is C21H28N8O2. The molecule has 1 aliphatic heterocycles. The molecule has 0 bridgehead atoms. The van der Waals surface area contributed by atoms with E-state index in [2.05, 4.69) is 30.8 Å². The van der Waals surface area contributed by atoms with E-state index >= 15 is 0 Å². The first-order chi connectivity index (χ1) is 15.3. The smallest absolute Gasteiger partial charge is 0.220 e. The first kappa shape index (κ1) is 21.1. The maximum atomic E-state index is 12.2. The number of nitrogens with zero attached hydrogens (tertiary/aromatic N) is 7. The van der Waals surface area contributed by atoms with Crippen molar-refractivity contribution in [2.45, 2.75) is 32.4 Å². The van der Waals surface area contributed by atoms with Gasteiger partial charge in [0.1, 0.15) is 0 Å². The molecule has 1 N–H and O–H groups in total. The zero-order valence-corrected chi connectivity index (χ0v) is 17.6. The number of hydrogen-bond donors (Lipinski definition) is 1. The highest BCUT2D eigenvalue weighted by molar-refractivity contribution is 5.75. The molecule has 0 radical (unpaired) electrons. The number of amides is 1. The van der Waals surface area contributed by atoms with Gasteiger partial charge in [-0.2, -0.15) is 5.10 Å². The van der Waals surface area contributed by atoms with Crippen LogP contribution in [0.15, 0.2) is 42.7 Å². The van der Waals surface area contributed by atoms with Crippen LogP contribution >= 0.6 is 0 Å². The number of nitrogens with one attached hydrogen (secondary N) is 1. The molecule has 0 spiro atoms. The first-order valence-electron chi connectivity index (χ1n) is 10.7. The second kappa shape index (κ2) is 10.8. The summed E-state index contributed by atoms with van der Waals surface area (Å²) < 4.78 is 9.01. The summed E-state index contributed by atoms with van der Waals surface area (Å²) in [5.41, 5.74) is 2.11. The van der Waals surface area contributed by atoms with E-state index in [4.69, 9.17) is 4.74 Å². The number of hydrogen-bond acceptors (Lipinski definition) is 7. The fourth-order valence-corrected chi connectivity index (χ4v) is 3.50. The number of benzene rings is 1. The van der Waals surface area contributed by atoms with Crippen molar-refractivity contribution in [1.29, 1.82) is 0 Å². The van der Waals surface area contributed by atoms with Crippen molar-refractivity contribution in [2.75, 3.05) is 32.8 Å². The van der Waals surface area contributed by atoms with Crippen LogP contribution in [0.1, 0.15) is 24.2 Å². The Kier molecular flexibility index (Phi) is 7.35. The lowest BCUT2D eigenvalue weighted by Gasteiger charge is -2.25. The van der Waals surface area contributed by atoms with Gasteiger partial charge in [-0.15, -0.1) is 5.10 Å². The lowest BCUT2D eigenvalue weighted by molar-refractivity contribution is -0.121. The number of ether oxygens (including phenoxy) is 1. The van der Waals surface area contributed by atoms with Gasteiger partial charge >= 0.3 is 0 Å². The third-order valence-corrected chi connectivity index (χ3v) is 5.24. The molecule has 1 saturated heterocycles. The van der Waals surface area contributed by atoms with Crippen LogP contribution in [0.3, 0.4) is 0 Å². The minimum atomic E-state index is 0.0401. The average Bonchev–Trinajstić information content (AvgIpc) is 3.45. The molecule has 10 heteroatoms. The van der Waals surface area contributed by atoms with E-state index in [0.717, 1.165) is 49.8 Å². The highest BCUT2D eigenvalue weighted by Gasteiger charge is 2.15. The lowest BCUT2D eigenvalue weighted by Crippen LogP contribution is -2.36. The van der Waals surface area contributed by atoms with E-state index in [1.54, 1.807) is 4.68 Å². The van der Waals surface area contributed by atoms with Gasteiger partial charge < -0.3 is 10.1 Å². The number of carbonyl (C=O) groups is 1. The van der Waals surface area contributed by atoms with Crippen LogP contribution in [0.25, 0.3) is 5.69 Å². The van der Waals surface area contributed by atoms with Crippen molar-refractivity contribution < 1.29 is 9.53 Å². The fraction of sp³-hybridized carbons (Fsp3) is 0.476. The second-order valence-corrected chi connectivity index (χ2v) is 7.54. The quantitative estimate of drug-likeness (QED) is 0.514. The number of aryl methyl sites for hydroxylation is 1. The minimum Gasteiger partial charge on any atom is -0.379 e. The number of rotatable bonds is 10. The van der Waals surface area contributed by atoms with E-state index in [0.29, 0.717) is 32.5 Å². The van der Waals surface area contributed by atoms with Gasteiger partial charge in [-0.1, -0.05) is 18.2 Å². The molecule has 1 aromatic carbocycles. The standard InChI is InChI=1S/C21H28N8O2/c30-21(22-9-8-18-15-23-29(16-18)19-5-2-1-3-6-19)7-4-10-28-20(24-25-26-28)17-27-11-13-31-14-12-27/h1-3,5-6,15-16H,4,7-14,17H2,(H,22,30). The van der Waals surface area contributed by atoms with Crippen LogP contribution in [0.5, 0.6) is 0 Å². The molecule has 1 aliphatic rings. The summed E-state index contributed by atoms with van der Waals surface area (Å²) in [4.78, 5) is 14.5.